The summed E-state index contributed by atoms with van der Waals surface area (Å²) in [6, 6.07) is 4.73. The number of carbonyl (C=O) groups is 1. The van der Waals surface area contributed by atoms with Crippen molar-refractivity contribution >= 4 is 5.97 Å². The summed E-state index contributed by atoms with van der Waals surface area (Å²) in [5, 5.41) is 12.0. The molecule has 1 aromatic rings. The van der Waals surface area contributed by atoms with Gasteiger partial charge in [-0.15, -0.1) is 0 Å². The van der Waals surface area contributed by atoms with Gasteiger partial charge in [0.15, 0.2) is 11.5 Å². The van der Waals surface area contributed by atoms with Gasteiger partial charge in [0.05, 0.1) is 6.61 Å². The van der Waals surface area contributed by atoms with Crippen LogP contribution in [0, 0.1) is 0 Å². The first-order valence-corrected chi connectivity index (χ1v) is 6.69. The van der Waals surface area contributed by atoms with E-state index in [9.17, 15) is 4.79 Å². The van der Waals surface area contributed by atoms with E-state index in [0.29, 0.717) is 36.8 Å². The maximum absolute atomic E-state index is 11.0. The molecule has 6 heteroatoms. The van der Waals surface area contributed by atoms with Crippen LogP contribution in [0.15, 0.2) is 18.2 Å². The molecule has 1 aromatic carbocycles. The van der Waals surface area contributed by atoms with E-state index in [1.54, 1.807) is 18.2 Å². The number of hydrogen-bond acceptors (Lipinski definition) is 5. The summed E-state index contributed by atoms with van der Waals surface area (Å²) in [6.45, 7) is 3.23. The third-order valence-electron chi connectivity index (χ3n) is 2.96. The fourth-order valence-electron chi connectivity index (χ4n) is 1.89. The molecule has 1 unspecified atom stereocenters. The van der Waals surface area contributed by atoms with E-state index < -0.39 is 12.0 Å². The molecule has 110 valence electrons. The zero-order valence-electron chi connectivity index (χ0n) is 11.4. The molecular formula is C14H19NO5. The molecule has 0 saturated heterocycles. The lowest BCUT2D eigenvalue weighted by Gasteiger charge is -2.14. The minimum atomic E-state index is -0.854. The highest BCUT2D eigenvalue weighted by atomic mass is 16.7. The van der Waals surface area contributed by atoms with Gasteiger partial charge in [-0.3, -0.25) is 4.79 Å². The van der Waals surface area contributed by atoms with Crippen LogP contribution in [-0.4, -0.2) is 37.1 Å². The van der Waals surface area contributed by atoms with E-state index in [-0.39, 0.29) is 6.79 Å². The molecule has 1 aliphatic rings. The minimum Gasteiger partial charge on any atom is -0.493 e. The second-order valence-electron chi connectivity index (χ2n) is 4.50. The Balaban J connectivity index is 1.81. The van der Waals surface area contributed by atoms with Gasteiger partial charge < -0.3 is 24.6 Å². The Kier molecular flexibility index (Phi) is 5.06. The number of fused-ring (bicyclic) bond motifs is 1. The third kappa shape index (κ3) is 3.77. The first kappa shape index (κ1) is 14.5. The Bertz CT molecular complexity index is 463. The van der Waals surface area contributed by atoms with Crippen LogP contribution in [0.5, 0.6) is 17.2 Å². The zero-order chi connectivity index (χ0) is 14.4. The Labute approximate surface area is 117 Å². The maximum Gasteiger partial charge on any atom is 0.320 e. The number of hydrogen-bond donors (Lipinski definition) is 2. The number of carboxylic acids is 1. The minimum absolute atomic E-state index is 0.223. The van der Waals surface area contributed by atoms with Crippen LogP contribution >= 0.6 is 0 Å². The SMILES string of the molecule is CCCNC(CCOc1ccc2c(c1)OCO2)C(=O)O. The summed E-state index contributed by atoms with van der Waals surface area (Å²) in [5.74, 6) is 1.15. The molecule has 1 heterocycles. The van der Waals surface area contributed by atoms with Gasteiger partial charge in [0.1, 0.15) is 11.8 Å². The van der Waals surface area contributed by atoms with Crippen LogP contribution in [0.1, 0.15) is 19.8 Å². The Morgan fingerprint density at radius 3 is 3.00 bits per heavy atom. The van der Waals surface area contributed by atoms with Gasteiger partial charge in [0.2, 0.25) is 6.79 Å². The summed E-state index contributed by atoms with van der Waals surface area (Å²) in [6.07, 6.45) is 1.30. The number of aliphatic carboxylic acids is 1. The molecule has 0 spiro atoms. The van der Waals surface area contributed by atoms with Crippen molar-refractivity contribution in [2.24, 2.45) is 0 Å². The van der Waals surface area contributed by atoms with E-state index in [2.05, 4.69) is 5.32 Å². The molecule has 6 nitrogen and oxygen atoms in total. The summed E-state index contributed by atoms with van der Waals surface area (Å²) < 4.78 is 16.0. The van der Waals surface area contributed by atoms with E-state index >= 15 is 0 Å². The number of ether oxygens (including phenoxy) is 3. The molecule has 0 amide bonds. The topological polar surface area (TPSA) is 77.0 Å². The average molecular weight is 281 g/mol. The van der Waals surface area contributed by atoms with E-state index in [1.165, 1.54) is 0 Å². The van der Waals surface area contributed by atoms with Crippen molar-refractivity contribution in [1.82, 2.24) is 5.32 Å². The first-order chi connectivity index (χ1) is 9.70. The Hall–Kier alpha value is -1.95. The molecular weight excluding hydrogens is 262 g/mol. The van der Waals surface area contributed by atoms with Gasteiger partial charge in [-0.1, -0.05) is 6.92 Å². The van der Waals surface area contributed by atoms with Gasteiger partial charge in [-0.2, -0.15) is 0 Å². The molecule has 0 radical (unpaired) electrons. The lowest BCUT2D eigenvalue weighted by Crippen LogP contribution is -2.38. The van der Waals surface area contributed by atoms with Crippen molar-refractivity contribution in [3.8, 4) is 17.2 Å². The summed E-state index contributed by atoms with van der Waals surface area (Å²) in [7, 11) is 0. The van der Waals surface area contributed by atoms with Gasteiger partial charge in [-0.05, 0) is 25.1 Å². The van der Waals surface area contributed by atoms with E-state index in [4.69, 9.17) is 19.3 Å². The lowest BCUT2D eigenvalue weighted by atomic mass is 10.2. The molecule has 0 saturated carbocycles. The molecule has 0 aromatic heterocycles. The highest BCUT2D eigenvalue weighted by Crippen LogP contribution is 2.35. The maximum atomic E-state index is 11.0. The van der Waals surface area contributed by atoms with Gasteiger partial charge in [0.25, 0.3) is 0 Å². The van der Waals surface area contributed by atoms with Gasteiger partial charge >= 0.3 is 5.97 Å². The van der Waals surface area contributed by atoms with Crippen molar-refractivity contribution < 1.29 is 24.1 Å². The Morgan fingerprint density at radius 1 is 1.45 bits per heavy atom. The molecule has 1 aliphatic heterocycles. The normalized spacial score (nSPS) is 14.1. The van der Waals surface area contributed by atoms with Crippen molar-refractivity contribution in [2.75, 3.05) is 19.9 Å². The molecule has 1 atom stereocenters. The fraction of sp³-hybridized carbons (Fsp3) is 0.500. The smallest absolute Gasteiger partial charge is 0.320 e. The van der Waals surface area contributed by atoms with E-state index in [1.807, 2.05) is 6.92 Å². The summed E-state index contributed by atoms with van der Waals surface area (Å²) in [5.41, 5.74) is 0. The van der Waals surface area contributed by atoms with Crippen LogP contribution in [0.3, 0.4) is 0 Å². The van der Waals surface area contributed by atoms with Crippen molar-refractivity contribution in [3.05, 3.63) is 18.2 Å². The number of nitrogens with one attached hydrogen (secondary N) is 1. The standard InChI is InChI=1S/C14H19NO5/c1-2-6-15-11(14(16)17)5-7-18-10-3-4-12-13(8-10)20-9-19-12/h3-4,8,11,15H,2,5-7,9H2,1H3,(H,16,17). The second kappa shape index (κ2) is 7.00. The van der Waals surface area contributed by atoms with Gasteiger partial charge in [0, 0.05) is 12.5 Å². The van der Waals surface area contributed by atoms with Crippen LogP contribution in [0.4, 0.5) is 0 Å². The molecule has 2 rings (SSSR count). The van der Waals surface area contributed by atoms with Crippen LogP contribution in [-0.2, 0) is 4.79 Å². The van der Waals surface area contributed by atoms with Crippen molar-refractivity contribution in [2.45, 2.75) is 25.8 Å². The average Bonchev–Trinajstić information content (AvgIpc) is 2.89. The summed E-state index contributed by atoms with van der Waals surface area (Å²) >= 11 is 0. The zero-order valence-corrected chi connectivity index (χ0v) is 11.4. The van der Waals surface area contributed by atoms with Crippen molar-refractivity contribution in [3.63, 3.8) is 0 Å². The number of carboxylic acid groups (broad SMARTS) is 1. The molecule has 0 fully saturated rings. The van der Waals surface area contributed by atoms with Crippen LogP contribution in [0.25, 0.3) is 0 Å². The molecule has 0 aliphatic carbocycles. The molecule has 0 bridgehead atoms. The second-order valence-corrected chi connectivity index (χ2v) is 4.50. The molecule has 20 heavy (non-hydrogen) atoms. The quantitative estimate of drug-likeness (QED) is 0.754. The predicted molar refractivity (Wildman–Crippen MR) is 72.4 cm³/mol. The first-order valence-electron chi connectivity index (χ1n) is 6.69. The molecule has 2 N–H and O–H groups in total. The highest BCUT2D eigenvalue weighted by Gasteiger charge is 2.17. The monoisotopic (exact) mass is 281 g/mol. The highest BCUT2D eigenvalue weighted by molar-refractivity contribution is 5.73. The predicted octanol–water partition coefficient (Wildman–Crippen LogP) is 1.64. The van der Waals surface area contributed by atoms with Gasteiger partial charge in [-0.25, -0.2) is 0 Å². The summed E-state index contributed by atoms with van der Waals surface area (Å²) in [4.78, 5) is 11.0. The van der Waals surface area contributed by atoms with Crippen LogP contribution in [0.2, 0.25) is 0 Å². The van der Waals surface area contributed by atoms with Crippen LogP contribution < -0.4 is 19.5 Å². The third-order valence-corrected chi connectivity index (χ3v) is 2.96. The largest absolute Gasteiger partial charge is 0.493 e. The fourth-order valence-corrected chi connectivity index (χ4v) is 1.89. The number of rotatable bonds is 8. The Morgan fingerprint density at radius 2 is 2.25 bits per heavy atom. The lowest BCUT2D eigenvalue weighted by molar-refractivity contribution is -0.139. The number of benzene rings is 1. The van der Waals surface area contributed by atoms with Crippen molar-refractivity contribution in [1.29, 1.82) is 0 Å². The van der Waals surface area contributed by atoms with E-state index in [0.717, 1.165) is 6.42 Å².